The van der Waals surface area contributed by atoms with Crippen molar-refractivity contribution in [2.75, 3.05) is 24.6 Å². The van der Waals surface area contributed by atoms with E-state index >= 15 is 0 Å². The van der Waals surface area contributed by atoms with E-state index in [1.165, 1.54) is 0 Å². The van der Waals surface area contributed by atoms with Crippen molar-refractivity contribution < 1.29 is 4.74 Å². The number of hydrogen-bond donors (Lipinski definition) is 0. The molecule has 1 aromatic carbocycles. The summed E-state index contributed by atoms with van der Waals surface area (Å²) in [6.45, 7) is 1.89. The summed E-state index contributed by atoms with van der Waals surface area (Å²) in [5, 5.41) is 11.2. The first-order chi connectivity index (χ1) is 9.29. The molecule has 96 valence electrons. The van der Waals surface area contributed by atoms with E-state index in [-0.39, 0.29) is 6.10 Å². The molecule has 0 radical (unpaired) electrons. The second-order valence-corrected chi connectivity index (χ2v) is 5.26. The molecule has 1 aromatic heterocycles. The van der Waals surface area contributed by atoms with Gasteiger partial charge in [0.05, 0.1) is 19.2 Å². The van der Waals surface area contributed by atoms with Crippen molar-refractivity contribution in [1.29, 1.82) is 5.26 Å². The highest BCUT2D eigenvalue weighted by Gasteiger charge is 2.22. The van der Waals surface area contributed by atoms with Crippen LogP contribution in [0.5, 0.6) is 0 Å². The number of morpholine rings is 1. The van der Waals surface area contributed by atoms with E-state index in [2.05, 4.69) is 37.9 Å². The fourth-order valence-corrected chi connectivity index (χ4v) is 2.82. The average molecular weight is 318 g/mol. The number of ether oxygens (including phenoxy) is 1. The van der Waals surface area contributed by atoms with Crippen molar-refractivity contribution in [3.05, 3.63) is 34.9 Å². The lowest BCUT2D eigenvalue weighted by Crippen LogP contribution is -2.42. The number of fused-ring (bicyclic) bond motifs is 1. The minimum Gasteiger partial charge on any atom is -0.360 e. The van der Waals surface area contributed by atoms with Gasteiger partial charge in [-0.3, -0.25) is 0 Å². The molecule has 3 rings (SSSR count). The maximum atomic E-state index is 8.98. The molecule has 2 aromatic rings. The zero-order valence-electron chi connectivity index (χ0n) is 10.2. The summed E-state index contributed by atoms with van der Waals surface area (Å²) < 4.78 is 6.43. The van der Waals surface area contributed by atoms with Crippen LogP contribution >= 0.6 is 15.9 Å². The van der Waals surface area contributed by atoms with Gasteiger partial charge in [-0.2, -0.15) is 5.26 Å². The Morgan fingerprint density at radius 2 is 2.26 bits per heavy atom. The highest BCUT2D eigenvalue weighted by molar-refractivity contribution is 9.10. The Morgan fingerprint density at radius 1 is 1.37 bits per heavy atom. The van der Waals surface area contributed by atoms with Crippen LogP contribution in [0.3, 0.4) is 0 Å². The Bertz CT molecular complexity index is 653. The maximum absolute atomic E-state index is 8.98. The Balaban J connectivity index is 2.06. The van der Waals surface area contributed by atoms with Gasteiger partial charge in [-0.15, -0.1) is 0 Å². The number of nitrogens with zero attached hydrogens (tertiary/aromatic N) is 3. The highest BCUT2D eigenvalue weighted by atomic mass is 79.9. The van der Waals surface area contributed by atoms with E-state index in [0.29, 0.717) is 13.2 Å². The third-order valence-electron chi connectivity index (χ3n) is 3.24. The van der Waals surface area contributed by atoms with Gasteiger partial charge in [-0.05, 0) is 12.1 Å². The van der Waals surface area contributed by atoms with Crippen LogP contribution in [0.4, 0.5) is 5.82 Å². The number of aromatic nitrogens is 1. The van der Waals surface area contributed by atoms with Crippen LogP contribution in [0.15, 0.2) is 34.9 Å². The van der Waals surface area contributed by atoms with Crippen molar-refractivity contribution >= 4 is 32.5 Å². The summed E-state index contributed by atoms with van der Waals surface area (Å²) in [5.41, 5.74) is 0. The van der Waals surface area contributed by atoms with Gasteiger partial charge < -0.3 is 9.64 Å². The van der Waals surface area contributed by atoms with Crippen LogP contribution in [0.25, 0.3) is 10.8 Å². The number of pyridine rings is 1. The fourth-order valence-electron chi connectivity index (χ4n) is 2.33. The van der Waals surface area contributed by atoms with Crippen molar-refractivity contribution in [2.24, 2.45) is 0 Å². The third-order valence-corrected chi connectivity index (χ3v) is 3.93. The largest absolute Gasteiger partial charge is 0.360 e. The van der Waals surface area contributed by atoms with Gasteiger partial charge >= 0.3 is 0 Å². The van der Waals surface area contributed by atoms with Crippen molar-refractivity contribution in [2.45, 2.75) is 6.10 Å². The van der Waals surface area contributed by atoms with Gasteiger partial charge in [0.15, 0.2) is 6.10 Å². The van der Waals surface area contributed by atoms with Crippen LogP contribution in [-0.4, -0.2) is 30.8 Å². The maximum Gasteiger partial charge on any atom is 0.161 e. The van der Waals surface area contributed by atoms with E-state index < -0.39 is 0 Å². The topological polar surface area (TPSA) is 49.2 Å². The van der Waals surface area contributed by atoms with E-state index in [1.54, 1.807) is 6.20 Å². The summed E-state index contributed by atoms with van der Waals surface area (Å²) in [6.07, 6.45) is 1.43. The predicted molar refractivity (Wildman–Crippen MR) is 77.0 cm³/mol. The van der Waals surface area contributed by atoms with Gasteiger partial charge in [0.1, 0.15) is 5.82 Å². The molecule has 4 nitrogen and oxygen atoms in total. The van der Waals surface area contributed by atoms with E-state index in [9.17, 15) is 0 Å². The van der Waals surface area contributed by atoms with Crippen LogP contribution in [0, 0.1) is 11.3 Å². The molecular weight excluding hydrogens is 306 g/mol. The minimum absolute atomic E-state index is 0.377. The molecule has 1 saturated heterocycles. The minimum atomic E-state index is -0.377. The molecule has 19 heavy (non-hydrogen) atoms. The lowest BCUT2D eigenvalue weighted by molar-refractivity contribution is 0.0762. The van der Waals surface area contributed by atoms with Crippen molar-refractivity contribution in [3.63, 3.8) is 0 Å². The molecule has 0 spiro atoms. The number of nitriles is 1. The molecule has 0 bridgehead atoms. The SMILES string of the molecule is N#CC1CN(c2nccc3c(Br)cccc23)CCO1. The first kappa shape index (κ1) is 12.4. The molecule has 0 amide bonds. The number of hydrogen-bond acceptors (Lipinski definition) is 4. The second kappa shape index (κ2) is 5.16. The first-order valence-corrected chi connectivity index (χ1v) is 6.88. The van der Waals surface area contributed by atoms with Crippen LogP contribution in [0.1, 0.15) is 0 Å². The standard InChI is InChI=1S/C14H12BrN3O/c15-13-3-1-2-12-11(13)4-5-17-14(12)18-6-7-19-10(8-16)9-18/h1-5,10H,6-7,9H2. The zero-order valence-corrected chi connectivity index (χ0v) is 11.8. The highest BCUT2D eigenvalue weighted by Crippen LogP contribution is 2.30. The van der Waals surface area contributed by atoms with Crippen molar-refractivity contribution in [3.8, 4) is 6.07 Å². The summed E-state index contributed by atoms with van der Waals surface area (Å²) in [5.74, 6) is 0.919. The molecule has 1 aliphatic heterocycles. The molecule has 2 heterocycles. The van der Waals surface area contributed by atoms with Gasteiger partial charge in [0.2, 0.25) is 0 Å². The summed E-state index contributed by atoms with van der Waals surface area (Å²) in [6, 6.07) is 10.2. The quantitative estimate of drug-likeness (QED) is 0.811. The molecular formula is C14H12BrN3O. The molecule has 5 heteroatoms. The smallest absolute Gasteiger partial charge is 0.161 e. The van der Waals surface area contributed by atoms with Crippen LogP contribution < -0.4 is 4.90 Å². The predicted octanol–water partition coefficient (Wildman–Crippen LogP) is 2.73. The number of anilines is 1. The van der Waals surface area contributed by atoms with E-state index in [1.807, 2.05) is 18.2 Å². The number of benzene rings is 1. The molecule has 0 aliphatic carbocycles. The first-order valence-electron chi connectivity index (χ1n) is 6.09. The number of rotatable bonds is 1. The molecule has 0 saturated carbocycles. The third kappa shape index (κ3) is 2.29. The summed E-state index contributed by atoms with van der Waals surface area (Å²) >= 11 is 3.56. The summed E-state index contributed by atoms with van der Waals surface area (Å²) in [4.78, 5) is 6.60. The average Bonchev–Trinajstić information content (AvgIpc) is 2.47. The van der Waals surface area contributed by atoms with Crippen molar-refractivity contribution in [1.82, 2.24) is 4.98 Å². The molecule has 1 unspecified atom stereocenters. The zero-order chi connectivity index (χ0) is 13.2. The Labute approximate surface area is 119 Å². The fraction of sp³-hybridized carbons (Fsp3) is 0.286. The van der Waals surface area contributed by atoms with E-state index in [0.717, 1.165) is 27.6 Å². The van der Waals surface area contributed by atoms with Gasteiger partial charge in [-0.1, -0.05) is 28.1 Å². The lowest BCUT2D eigenvalue weighted by atomic mass is 10.1. The summed E-state index contributed by atoms with van der Waals surface area (Å²) in [7, 11) is 0. The molecule has 1 fully saturated rings. The monoisotopic (exact) mass is 317 g/mol. The van der Waals surface area contributed by atoms with Gasteiger partial charge in [0, 0.05) is 28.0 Å². The molecule has 1 aliphatic rings. The molecule has 1 atom stereocenters. The van der Waals surface area contributed by atoms with Crippen LogP contribution in [-0.2, 0) is 4.74 Å². The van der Waals surface area contributed by atoms with Gasteiger partial charge in [-0.25, -0.2) is 4.98 Å². The molecule has 0 N–H and O–H groups in total. The van der Waals surface area contributed by atoms with Crippen LogP contribution in [0.2, 0.25) is 0 Å². The second-order valence-electron chi connectivity index (χ2n) is 4.40. The Morgan fingerprint density at radius 3 is 3.11 bits per heavy atom. The van der Waals surface area contributed by atoms with Gasteiger partial charge in [0.25, 0.3) is 0 Å². The number of halogens is 1. The lowest BCUT2D eigenvalue weighted by Gasteiger charge is -2.31. The van der Waals surface area contributed by atoms with E-state index in [4.69, 9.17) is 10.00 Å². The Hall–Kier alpha value is -1.64. The Kier molecular flexibility index (Phi) is 3.36. The normalized spacial score (nSPS) is 19.4.